The lowest BCUT2D eigenvalue weighted by Gasteiger charge is -2.25. The molecule has 1 aliphatic carbocycles. The Morgan fingerprint density at radius 2 is 1.57 bits per heavy atom. The summed E-state index contributed by atoms with van der Waals surface area (Å²) in [6.07, 6.45) is 3.64. The van der Waals surface area contributed by atoms with Crippen molar-refractivity contribution < 1.29 is 18.7 Å². The summed E-state index contributed by atoms with van der Waals surface area (Å²) in [5.41, 5.74) is 4.37. The molecule has 1 fully saturated rings. The number of morpholine rings is 1. The number of rotatable bonds is 6. The van der Waals surface area contributed by atoms with E-state index in [1.165, 1.54) is 12.1 Å². The second-order valence-electron chi connectivity index (χ2n) is 8.84. The first kappa shape index (κ1) is 23.2. The van der Waals surface area contributed by atoms with Gasteiger partial charge in [-0.1, -0.05) is 0 Å². The van der Waals surface area contributed by atoms with Crippen molar-refractivity contribution in [3.63, 3.8) is 0 Å². The van der Waals surface area contributed by atoms with Crippen LogP contribution in [0, 0.1) is 5.82 Å². The van der Waals surface area contributed by atoms with Crippen LogP contribution in [0.25, 0.3) is 5.69 Å². The molecule has 2 amide bonds. The Morgan fingerprint density at radius 3 is 2.29 bits per heavy atom. The summed E-state index contributed by atoms with van der Waals surface area (Å²) in [6, 6.07) is 13.2. The monoisotopic (exact) mass is 477 g/mol. The van der Waals surface area contributed by atoms with E-state index < -0.39 is 0 Å². The summed E-state index contributed by atoms with van der Waals surface area (Å²) >= 11 is 0. The molecule has 0 bridgehead atoms. The summed E-state index contributed by atoms with van der Waals surface area (Å²) in [4.78, 5) is 27.5. The van der Waals surface area contributed by atoms with E-state index in [1.807, 2.05) is 0 Å². The zero-order valence-electron chi connectivity index (χ0n) is 19.4. The molecule has 0 unspecified atom stereocenters. The van der Waals surface area contributed by atoms with Gasteiger partial charge < -0.3 is 15.4 Å². The fraction of sp³-hybridized carbons (Fsp3) is 0.346. The lowest BCUT2D eigenvalue weighted by atomic mass is 9.95. The number of carbonyl (C=O) groups is 2. The predicted molar refractivity (Wildman–Crippen MR) is 130 cm³/mol. The van der Waals surface area contributed by atoms with Gasteiger partial charge in [0.25, 0.3) is 5.91 Å². The van der Waals surface area contributed by atoms with Gasteiger partial charge in [0.15, 0.2) is 5.69 Å². The van der Waals surface area contributed by atoms with Crippen molar-refractivity contribution in [3.05, 3.63) is 71.3 Å². The second-order valence-corrected chi connectivity index (χ2v) is 8.84. The van der Waals surface area contributed by atoms with E-state index in [2.05, 4.69) is 20.6 Å². The van der Waals surface area contributed by atoms with Crippen LogP contribution in [-0.4, -0.2) is 59.3 Å². The first-order chi connectivity index (χ1) is 17.1. The predicted octanol–water partition coefficient (Wildman–Crippen LogP) is 3.41. The molecular formula is C26H28FN5O3. The summed E-state index contributed by atoms with van der Waals surface area (Å²) in [7, 11) is 0. The third-order valence-electron chi connectivity index (χ3n) is 6.36. The molecule has 3 aromatic rings. The number of nitrogens with zero attached hydrogens (tertiary/aromatic N) is 3. The van der Waals surface area contributed by atoms with Crippen molar-refractivity contribution in [1.82, 2.24) is 14.7 Å². The van der Waals surface area contributed by atoms with Gasteiger partial charge in [0.05, 0.1) is 25.4 Å². The average molecular weight is 478 g/mol. The molecule has 182 valence electrons. The lowest BCUT2D eigenvalue weighted by molar-refractivity contribution is -0.118. The van der Waals surface area contributed by atoms with E-state index in [4.69, 9.17) is 4.74 Å². The first-order valence-electron chi connectivity index (χ1n) is 11.9. The number of hydrogen-bond acceptors (Lipinski definition) is 5. The molecule has 2 heterocycles. The van der Waals surface area contributed by atoms with Crippen molar-refractivity contribution >= 4 is 23.2 Å². The number of amides is 2. The van der Waals surface area contributed by atoms with Crippen LogP contribution in [0.2, 0.25) is 0 Å². The molecule has 0 spiro atoms. The SMILES string of the molecule is O=C(CN1CCOCC1)Nc1ccc(NC(=O)c2nn(-c3ccc(F)cc3)c3c2CCCC3)cc1. The van der Waals surface area contributed by atoms with Crippen LogP contribution >= 0.6 is 0 Å². The normalized spacial score (nSPS) is 15.9. The third kappa shape index (κ3) is 5.41. The molecule has 2 aliphatic rings. The van der Waals surface area contributed by atoms with Crippen molar-refractivity contribution in [2.24, 2.45) is 0 Å². The maximum Gasteiger partial charge on any atom is 0.276 e. The van der Waals surface area contributed by atoms with E-state index in [1.54, 1.807) is 41.1 Å². The highest BCUT2D eigenvalue weighted by Gasteiger charge is 2.25. The van der Waals surface area contributed by atoms with Gasteiger partial charge in [-0.15, -0.1) is 0 Å². The highest BCUT2D eigenvalue weighted by atomic mass is 19.1. The first-order valence-corrected chi connectivity index (χ1v) is 11.9. The van der Waals surface area contributed by atoms with Crippen LogP contribution in [0.15, 0.2) is 48.5 Å². The topological polar surface area (TPSA) is 88.5 Å². The van der Waals surface area contributed by atoms with Crippen LogP contribution in [0.1, 0.15) is 34.6 Å². The fourth-order valence-corrected chi connectivity index (χ4v) is 4.57. The Labute approximate surface area is 203 Å². The number of fused-ring (bicyclic) bond motifs is 1. The minimum atomic E-state index is -0.312. The van der Waals surface area contributed by atoms with Gasteiger partial charge in [-0.3, -0.25) is 14.5 Å². The van der Waals surface area contributed by atoms with Gasteiger partial charge in [-0.05, 0) is 74.2 Å². The third-order valence-corrected chi connectivity index (χ3v) is 6.36. The number of hydrogen-bond donors (Lipinski definition) is 2. The van der Waals surface area contributed by atoms with E-state index in [0.29, 0.717) is 36.8 Å². The maximum atomic E-state index is 13.4. The molecule has 2 aromatic carbocycles. The van der Waals surface area contributed by atoms with Crippen LogP contribution in [0.4, 0.5) is 15.8 Å². The molecule has 0 saturated carbocycles. The number of nitrogens with one attached hydrogen (secondary N) is 2. The quantitative estimate of drug-likeness (QED) is 0.568. The van der Waals surface area contributed by atoms with E-state index in [9.17, 15) is 14.0 Å². The molecule has 8 nitrogen and oxygen atoms in total. The van der Waals surface area contributed by atoms with Gasteiger partial charge in [-0.2, -0.15) is 5.10 Å². The lowest BCUT2D eigenvalue weighted by Crippen LogP contribution is -2.41. The summed E-state index contributed by atoms with van der Waals surface area (Å²) in [5.74, 6) is -0.678. The van der Waals surface area contributed by atoms with E-state index in [-0.39, 0.29) is 17.6 Å². The summed E-state index contributed by atoms with van der Waals surface area (Å²) in [5, 5.41) is 10.4. The molecule has 9 heteroatoms. The zero-order valence-corrected chi connectivity index (χ0v) is 19.4. The highest BCUT2D eigenvalue weighted by Crippen LogP contribution is 2.28. The van der Waals surface area contributed by atoms with Crippen molar-refractivity contribution in [2.75, 3.05) is 43.5 Å². The molecule has 1 saturated heterocycles. The van der Waals surface area contributed by atoms with Gasteiger partial charge >= 0.3 is 0 Å². The number of benzene rings is 2. The smallest absolute Gasteiger partial charge is 0.276 e. The Bertz CT molecular complexity index is 1200. The summed E-state index contributed by atoms with van der Waals surface area (Å²) < 4.78 is 20.5. The van der Waals surface area contributed by atoms with Crippen molar-refractivity contribution in [1.29, 1.82) is 0 Å². The molecular weight excluding hydrogens is 449 g/mol. The van der Waals surface area contributed by atoms with E-state index in [0.717, 1.165) is 55.7 Å². The minimum Gasteiger partial charge on any atom is -0.379 e. The Hall–Kier alpha value is -3.56. The number of halogens is 1. The molecule has 1 aromatic heterocycles. The maximum absolute atomic E-state index is 13.4. The molecule has 0 radical (unpaired) electrons. The average Bonchev–Trinajstić information content (AvgIpc) is 3.26. The Kier molecular flexibility index (Phi) is 6.87. The number of aromatic nitrogens is 2. The van der Waals surface area contributed by atoms with Crippen LogP contribution < -0.4 is 10.6 Å². The molecule has 0 atom stereocenters. The van der Waals surface area contributed by atoms with Crippen LogP contribution in [0.5, 0.6) is 0 Å². The van der Waals surface area contributed by atoms with Gasteiger partial charge in [0.2, 0.25) is 5.91 Å². The van der Waals surface area contributed by atoms with Crippen molar-refractivity contribution in [3.8, 4) is 5.69 Å². The number of carbonyl (C=O) groups excluding carboxylic acids is 2. The number of anilines is 2. The van der Waals surface area contributed by atoms with Crippen molar-refractivity contribution in [2.45, 2.75) is 25.7 Å². The molecule has 2 N–H and O–H groups in total. The van der Waals surface area contributed by atoms with E-state index >= 15 is 0 Å². The molecule has 5 rings (SSSR count). The van der Waals surface area contributed by atoms with Gasteiger partial charge in [-0.25, -0.2) is 9.07 Å². The Balaban J connectivity index is 1.26. The summed E-state index contributed by atoms with van der Waals surface area (Å²) in [6.45, 7) is 3.11. The second kappa shape index (κ2) is 10.4. The van der Waals surface area contributed by atoms with Crippen LogP contribution in [-0.2, 0) is 22.4 Å². The van der Waals surface area contributed by atoms with Gasteiger partial charge in [0, 0.05) is 35.7 Å². The largest absolute Gasteiger partial charge is 0.379 e. The fourth-order valence-electron chi connectivity index (χ4n) is 4.57. The molecule has 1 aliphatic heterocycles. The molecule has 35 heavy (non-hydrogen) atoms. The highest BCUT2D eigenvalue weighted by molar-refractivity contribution is 6.04. The van der Waals surface area contributed by atoms with Crippen LogP contribution in [0.3, 0.4) is 0 Å². The minimum absolute atomic E-state index is 0.0818. The zero-order chi connectivity index (χ0) is 24.2. The number of ether oxygens (including phenoxy) is 1. The van der Waals surface area contributed by atoms with Gasteiger partial charge in [0.1, 0.15) is 5.82 Å². The standard InChI is InChI=1S/C26H28FN5O3/c27-18-5-11-21(12-6-18)32-23-4-2-1-3-22(23)25(30-32)26(34)29-20-9-7-19(8-10-20)28-24(33)17-31-13-15-35-16-14-31/h5-12H,1-4,13-17H2,(H,28,33)(H,29,34). The Morgan fingerprint density at radius 1 is 0.914 bits per heavy atom.